The van der Waals surface area contributed by atoms with Crippen LogP contribution in [0.1, 0.15) is 43.1 Å². The first-order valence-electron chi connectivity index (χ1n) is 6.98. The summed E-state index contributed by atoms with van der Waals surface area (Å²) in [7, 11) is 0. The standard InChI is InChI=1S/C14H14N4O3/c19-13(20)17-14(5-6-14)10-4-3-9(7-15-10)12-16-11(18-21-12)8-1-2-8/h3-4,7-8,17H,1-2,5-6H2,(H,19,20). The summed E-state index contributed by atoms with van der Waals surface area (Å²) in [5.74, 6) is 1.68. The molecule has 108 valence electrons. The van der Waals surface area contributed by atoms with Gasteiger partial charge in [0.05, 0.1) is 16.8 Å². The van der Waals surface area contributed by atoms with Crippen molar-refractivity contribution in [2.24, 2.45) is 0 Å². The van der Waals surface area contributed by atoms with Crippen LogP contribution < -0.4 is 5.32 Å². The van der Waals surface area contributed by atoms with Crippen molar-refractivity contribution in [3.05, 3.63) is 29.8 Å². The highest BCUT2D eigenvalue weighted by atomic mass is 16.5. The zero-order valence-corrected chi connectivity index (χ0v) is 11.2. The van der Waals surface area contributed by atoms with Crippen molar-refractivity contribution < 1.29 is 14.4 Å². The Hall–Kier alpha value is -2.44. The van der Waals surface area contributed by atoms with Crippen LogP contribution in [0.4, 0.5) is 4.79 Å². The van der Waals surface area contributed by atoms with Crippen LogP contribution in [0.3, 0.4) is 0 Å². The lowest BCUT2D eigenvalue weighted by Gasteiger charge is -2.14. The summed E-state index contributed by atoms with van der Waals surface area (Å²) < 4.78 is 5.25. The fraction of sp³-hybridized carbons (Fsp3) is 0.429. The van der Waals surface area contributed by atoms with Gasteiger partial charge in [0.25, 0.3) is 5.89 Å². The van der Waals surface area contributed by atoms with Crippen LogP contribution in [0.2, 0.25) is 0 Å². The summed E-state index contributed by atoms with van der Waals surface area (Å²) in [5, 5.41) is 15.4. The minimum absolute atomic E-state index is 0.448. The van der Waals surface area contributed by atoms with E-state index in [2.05, 4.69) is 20.4 Å². The Labute approximate surface area is 120 Å². The maximum absolute atomic E-state index is 10.8. The largest absolute Gasteiger partial charge is 0.465 e. The highest BCUT2D eigenvalue weighted by molar-refractivity contribution is 5.67. The number of hydrogen-bond donors (Lipinski definition) is 2. The molecule has 2 aromatic heterocycles. The Kier molecular flexibility index (Phi) is 2.51. The predicted molar refractivity (Wildman–Crippen MR) is 71.6 cm³/mol. The molecule has 2 heterocycles. The Bertz CT molecular complexity index is 686. The van der Waals surface area contributed by atoms with Gasteiger partial charge in [-0.25, -0.2) is 4.79 Å². The molecule has 0 bridgehead atoms. The molecule has 21 heavy (non-hydrogen) atoms. The quantitative estimate of drug-likeness (QED) is 0.894. The average Bonchev–Trinajstić information content (AvgIpc) is 3.40. The maximum Gasteiger partial charge on any atom is 0.405 e. The molecule has 7 nitrogen and oxygen atoms in total. The molecule has 2 fully saturated rings. The van der Waals surface area contributed by atoms with Gasteiger partial charge in [0.1, 0.15) is 0 Å². The third-order valence-corrected chi connectivity index (χ3v) is 3.98. The molecule has 4 rings (SSSR count). The van der Waals surface area contributed by atoms with Gasteiger partial charge >= 0.3 is 6.09 Å². The summed E-state index contributed by atoms with van der Waals surface area (Å²) in [5.41, 5.74) is 0.970. The van der Waals surface area contributed by atoms with Crippen molar-refractivity contribution in [1.82, 2.24) is 20.4 Å². The molecule has 0 radical (unpaired) electrons. The molecular formula is C14H14N4O3. The van der Waals surface area contributed by atoms with Crippen molar-refractivity contribution in [3.8, 4) is 11.5 Å². The van der Waals surface area contributed by atoms with Crippen LogP contribution in [0.15, 0.2) is 22.9 Å². The van der Waals surface area contributed by atoms with E-state index in [1.807, 2.05) is 12.1 Å². The van der Waals surface area contributed by atoms with Gasteiger partial charge in [-0.3, -0.25) is 4.98 Å². The number of pyridine rings is 1. The first-order chi connectivity index (χ1) is 10.2. The predicted octanol–water partition coefficient (Wildman–Crippen LogP) is 2.27. The van der Waals surface area contributed by atoms with Crippen molar-refractivity contribution in [1.29, 1.82) is 0 Å². The van der Waals surface area contributed by atoms with E-state index in [0.717, 1.165) is 42.8 Å². The molecular weight excluding hydrogens is 272 g/mol. The minimum atomic E-state index is -1.02. The number of nitrogens with zero attached hydrogens (tertiary/aromatic N) is 3. The molecule has 1 amide bonds. The molecule has 0 atom stereocenters. The average molecular weight is 286 g/mol. The Morgan fingerprint density at radius 1 is 1.38 bits per heavy atom. The number of nitrogens with one attached hydrogen (secondary N) is 1. The van der Waals surface area contributed by atoms with E-state index in [1.165, 1.54) is 0 Å². The lowest BCUT2D eigenvalue weighted by Crippen LogP contribution is -2.34. The van der Waals surface area contributed by atoms with Gasteiger partial charge in [0, 0.05) is 12.1 Å². The van der Waals surface area contributed by atoms with Crippen LogP contribution in [-0.4, -0.2) is 26.3 Å². The number of aromatic nitrogens is 3. The molecule has 2 aliphatic carbocycles. The zero-order chi connectivity index (χ0) is 14.4. The minimum Gasteiger partial charge on any atom is -0.465 e. The van der Waals surface area contributed by atoms with Crippen LogP contribution in [-0.2, 0) is 5.54 Å². The summed E-state index contributed by atoms with van der Waals surface area (Å²) in [6.07, 6.45) is 4.43. The summed E-state index contributed by atoms with van der Waals surface area (Å²) in [6, 6.07) is 3.66. The van der Waals surface area contributed by atoms with Crippen LogP contribution in [0.25, 0.3) is 11.5 Å². The molecule has 2 N–H and O–H groups in total. The second-order valence-electron chi connectivity index (χ2n) is 5.68. The maximum atomic E-state index is 10.8. The number of hydrogen-bond acceptors (Lipinski definition) is 5. The topological polar surface area (TPSA) is 101 Å². The van der Waals surface area contributed by atoms with Crippen molar-refractivity contribution in [2.45, 2.75) is 37.1 Å². The van der Waals surface area contributed by atoms with E-state index in [9.17, 15) is 4.79 Å². The third kappa shape index (κ3) is 2.24. The molecule has 2 aromatic rings. The molecule has 0 aliphatic heterocycles. The number of rotatable bonds is 4. The van der Waals surface area contributed by atoms with Gasteiger partial charge in [-0.05, 0) is 37.8 Å². The first kappa shape index (κ1) is 12.3. The zero-order valence-electron chi connectivity index (χ0n) is 11.2. The second kappa shape index (κ2) is 4.28. The number of carbonyl (C=O) groups is 1. The number of amides is 1. The summed E-state index contributed by atoms with van der Waals surface area (Å²) in [6.45, 7) is 0. The van der Waals surface area contributed by atoms with Gasteiger partial charge in [-0.15, -0.1) is 0 Å². The summed E-state index contributed by atoms with van der Waals surface area (Å²) in [4.78, 5) is 19.5. The third-order valence-electron chi connectivity index (χ3n) is 3.98. The Balaban J connectivity index is 1.56. The van der Waals surface area contributed by atoms with E-state index in [1.54, 1.807) is 6.20 Å². The van der Waals surface area contributed by atoms with E-state index >= 15 is 0 Å². The molecule has 0 saturated heterocycles. The number of carboxylic acid groups (broad SMARTS) is 1. The molecule has 0 unspecified atom stereocenters. The van der Waals surface area contributed by atoms with Crippen molar-refractivity contribution >= 4 is 6.09 Å². The van der Waals surface area contributed by atoms with Crippen LogP contribution in [0.5, 0.6) is 0 Å². The van der Waals surface area contributed by atoms with E-state index in [4.69, 9.17) is 9.63 Å². The molecule has 7 heteroatoms. The Morgan fingerprint density at radius 2 is 2.19 bits per heavy atom. The van der Waals surface area contributed by atoms with E-state index < -0.39 is 11.6 Å². The summed E-state index contributed by atoms with van der Waals surface area (Å²) >= 11 is 0. The second-order valence-corrected chi connectivity index (χ2v) is 5.68. The van der Waals surface area contributed by atoms with E-state index in [0.29, 0.717) is 11.8 Å². The highest BCUT2D eigenvalue weighted by Crippen LogP contribution is 2.44. The van der Waals surface area contributed by atoms with Gasteiger partial charge in [0.2, 0.25) is 0 Å². The van der Waals surface area contributed by atoms with Crippen LogP contribution >= 0.6 is 0 Å². The van der Waals surface area contributed by atoms with Crippen molar-refractivity contribution in [3.63, 3.8) is 0 Å². The Morgan fingerprint density at radius 3 is 2.76 bits per heavy atom. The smallest absolute Gasteiger partial charge is 0.405 e. The van der Waals surface area contributed by atoms with Crippen LogP contribution in [0, 0.1) is 0 Å². The van der Waals surface area contributed by atoms with Gasteiger partial charge < -0.3 is 14.9 Å². The van der Waals surface area contributed by atoms with Gasteiger partial charge in [-0.1, -0.05) is 5.16 Å². The monoisotopic (exact) mass is 286 g/mol. The van der Waals surface area contributed by atoms with Gasteiger partial charge in [-0.2, -0.15) is 4.98 Å². The lowest BCUT2D eigenvalue weighted by atomic mass is 10.1. The molecule has 2 saturated carbocycles. The normalized spacial score (nSPS) is 19.2. The fourth-order valence-electron chi connectivity index (χ4n) is 2.44. The highest BCUT2D eigenvalue weighted by Gasteiger charge is 2.47. The lowest BCUT2D eigenvalue weighted by molar-refractivity contribution is 0.188. The molecule has 0 spiro atoms. The molecule has 2 aliphatic rings. The van der Waals surface area contributed by atoms with E-state index in [-0.39, 0.29) is 0 Å². The molecule has 0 aromatic carbocycles. The van der Waals surface area contributed by atoms with Gasteiger partial charge in [0.15, 0.2) is 5.82 Å². The first-order valence-corrected chi connectivity index (χ1v) is 6.98. The SMILES string of the molecule is O=C(O)NC1(c2ccc(-c3nc(C4CC4)no3)cn2)CC1. The fourth-order valence-corrected chi connectivity index (χ4v) is 2.44. The van der Waals surface area contributed by atoms with Crippen molar-refractivity contribution in [2.75, 3.05) is 0 Å².